The number of rotatable bonds is 9. The highest BCUT2D eigenvalue weighted by atomic mass is 19.1. The molecule has 2 atom stereocenters. The average molecular weight is 645 g/mol. The second-order valence-electron chi connectivity index (χ2n) is 11.4. The Morgan fingerprint density at radius 1 is 1.04 bits per heavy atom. The number of nitrogens with two attached hydrogens (primary N) is 1. The van der Waals surface area contributed by atoms with E-state index in [0.29, 0.717) is 25.2 Å². The van der Waals surface area contributed by atoms with E-state index in [9.17, 15) is 13.6 Å². The lowest BCUT2D eigenvalue weighted by atomic mass is 9.87. The van der Waals surface area contributed by atoms with E-state index in [4.69, 9.17) is 15.3 Å². The van der Waals surface area contributed by atoms with Gasteiger partial charge in [-0.1, -0.05) is 6.07 Å². The van der Waals surface area contributed by atoms with Crippen molar-refractivity contribution in [3.8, 4) is 18.6 Å². The minimum atomic E-state index is -1.01. The van der Waals surface area contributed by atoms with Crippen LogP contribution in [0.3, 0.4) is 0 Å². The molecule has 0 spiro atoms. The predicted octanol–water partition coefficient (Wildman–Crippen LogP) is 4.16. The number of piperazine rings is 1. The molecule has 1 aromatic heterocycles. The fraction of sp³-hybridized carbons (Fsp3) is 0.324. The second-order valence-corrected chi connectivity index (χ2v) is 11.4. The highest BCUT2D eigenvalue weighted by Gasteiger charge is 2.44. The van der Waals surface area contributed by atoms with Crippen molar-refractivity contribution in [1.82, 2.24) is 20.2 Å². The standard InChI is InChI=1S/C32H36F2N8O3.C2H2/c1-39(31(43)38-35)25-3-5-26(6-4-25)40-12-14-41(15-13-40)27-7-9-28(10-8-27)44-18-23-17-32(45-19-23,20-42-22-36-21-37-42)29-11-2-24(33)16-30(29)34;1-2/h2-11,16,21-23H,12-15,17-20,35H2,1H3,(H,38,43);1-2H/t23-,32+;/m1./s1. The Morgan fingerprint density at radius 2 is 1.68 bits per heavy atom. The molecule has 246 valence electrons. The van der Waals surface area contributed by atoms with E-state index in [1.807, 2.05) is 36.4 Å². The third-order valence-electron chi connectivity index (χ3n) is 8.52. The molecule has 47 heavy (non-hydrogen) atoms. The molecule has 6 rings (SSSR count). The second kappa shape index (κ2) is 14.9. The van der Waals surface area contributed by atoms with Crippen LogP contribution in [0.25, 0.3) is 0 Å². The fourth-order valence-corrected chi connectivity index (χ4v) is 6.08. The lowest BCUT2D eigenvalue weighted by Crippen LogP contribution is -2.46. The average Bonchev–Trinajstić information content (AvgIpc) is 3.78. The van der Waals surface area contributed by atoms with Gasteiger partial charge in [-0.05, 0) is 61.0 Å². The summed E-state index contributed by atoms with van der Waals surface area (Å²) in [5.41, 5.74) is 4.41. The summed E-state index contributed by atoms with van der Waals surface area (Å²) in [7, 11) is 1.67. The number of nitrogens with one attached hydrogen (secondary N) is 1. The molecular weight excluding hydrogens is 606 g/mol. The van der Waals surface area contributed by atoms with Gasteiger partial charge >= 0.3 is 6.03 Å². The summed E-state index contributed by atoms with van der Waals surface area (Å²) in [6.45, 7) is 4.48. The number of urea groups is 1. The van der Waals surface area contributed by atoms with Gasteiger partial charge in [0.25, 0.3) is 0 Å². The fourth-order valence-electron chi connectivity index (χ4n) is 6.08. The zero-order valence-corrected chi connectivity index (χ0v) is 26.1. The van der Waals surface area contributed by atoms with Gasteiger partial charge in [0.2, 0.25) is 0 Å². The number of aromatic nitrogens is 3. The number of anilines is 3. The zero-order valence-electron chi connectivity index (χ0n) is 26.1. The van der Waals surface area contributed by atoms with Crippen LogP contribution in [-0.4, -0.2) is 67.2 Å². The quantitative estimate of drug-likeness (QED) is 0.121. The number of hydrogen-bond donors (Lipinski definition) is 2. The van der Waals surface area contributed by atoms with Crippen LogP contribution in [0.5, 0.6) is 5.75 Å². The smallest absolute Gasteiger partial charge is 0.335 e. The molecule has 3 aromatic carbocycles. The Labute approximate surface area is 272 Å². The summed E-state index contributed by atoms with van der Waals surface area (Å²) in [6.07, 6.45) is 11.5. The summed E-state index contributed by atoms with van der Waals surface area (Å²) >= 11 is 0. The van der Waals surface area contributed by atoms with Crippen molar-refractivity contribution in [2.45, 2.75) is 18.6 Å². The van der Waals surface area contributed by atoms with E-state index in [1.165, 1.54) is 23.4 Å². The summed E-state index contributed by atoms with van der Waals surface area (Å²) in [5.74, 6) is 4.69. The van der Waals surface area contributed by atoms with Crippen molar-refractivity contribution in [2.24, 2.45) is 11.8 Å². The third kappa shape index (κ3) is 7.62. The van der Waals surface area contributed by atoms with Gasteiger partial charge in [-0.25, -0.2) is 29.1 Å². The number of ether oxygens (including phenoxy) is 2. The molecule has 2 aliphatic rings. The van der Waals surface area contributed by atoms with Crippen LogP contribution in [-0.2, 0) is 16.9 Å². The minimum absolute atomic E-state index is 0.00184. The Bertz CT molecular complexity index is 1630. The lowest BCUT2D eigenvalue weighted by molar-refractivity contribution is -0.0206. The first-order valence-corrected chi connectivity index (χ1v) is 15.2. The van der Waals surface area contributed by atoms with Gasteiger partial charge in [0, 0.05) is 67.8 Å². The van der Waals surface area contributed by atoms with E-state index < -0.39 is 17.2 Å². The topological polar surface area (TPSA) is 114 Å². The molecular formula is C34H38F2N8O3. The largest absolute Gasteiger partial charge is 0.493 e. The van der Waals surface area contributed by atoms with Gasteiger partial charge in [-0.3, -0.25) is 10.3 Å². The number of terminal acetylenes is 1. The van der Waals surface area contributed by atoms with Crippen LogP contribution in [0, 0.1) is 30.4 Å². The molecule has 0 bridgehead atoms. The van der Waals surface area contributed by atoms with Crippen molar-refractivity contribution in [3.63, 3.8) is 0 Å². The molecule has 0 unspecified atom stereocenters. The zero-order chi connectivity index (χ0) is 33.4. The number of nitrogens with zero attached hydrogens (tertiary/aromatic N) is 6. The van der Waals surface area contributed by atoms with Gasteiger partial charge in [0.15, 0.2) is 0 Å². The Hall–Kier alpha value is -5.19. The third-order valence-corrected chi connectivity index (χ3v) is 8.52. The molecule has 13 heteroatoms. The van der Waals surface area contributed by atoms with Crippen LogP contribution < -0.4 is 30.7 Å². The van der Waals surface area contributed by atoms with E-state index in [2.05, 4.69) is 50.3 Å². The van der Waals surface area contributed by atoms with Crippen LogP contribution in [0.15, 0.2) is 79.4 Å². The van der Waals surface area contributed by atoms with Gasteiger partial charge in [0.05, 0.1) is 19.8 Å². The SMILES string of the molecule is C#C.CN(C(=O)NN)c1ccc(N2CCN(c3ccc(OC[C@@H]4CO[C@@](Cn5cncn5)(c5ccc(F)cc5F)C4)cc3)CC2)cc1. The monoisotopic (exact) mass is 644 g/mol. The molecule has 11 nitrogen and oxygen atoms in total. The number of halogens is 2. The number of hydrazine groups is 1. The number of carbonyl (C=O) groups is 1. The van der Waals surface area contributed by atoms with E-state index in [0.717, 1.165) is 55.1 Å². The highest BCUT2D eigenvalue weighted by Crippen LogP contribution is 2.42. The summed E-state index contributed by atoms with van der Waals surface area (Å²) < 4.78 is 42.5. The number of amides is 2. The van der Waals surface area contributed by atoms with Crippen LogP contribution in [0.4, 0.5) is 30.6 Å². The summed E-state index contributed by atoms with van der Waals surface area (Å²) in [5, 5.41) is 4.17. The predicted molar refractivity (Wildman–Crippen MR) is 176 cm³/mol. The maximum absolute atomic E-state index is 14.9. The van der Waals surface area contributed by atoms with Crippen molar-refractivity contribution in [2.75, 3.05) is 61.1 Å². The Kier molecular flexibility index (Phi) is 10.5. The molecule has 3 N–H and O–H groups in total. The summed E-state index contributed by atoms with van der Waals surface area (Å²) in [6, 6.07) is 19.1. The van der Waals surface area contributed by atoms with Gasteiger partial charge in [-0.2, -0.15) is 5.10 Å². The molecule has 2 aliphatic heterocycles. The van der Waals surface area contributed by atoms with Crippen LogP contribution in [0.2, 0.25) is 0 Å². The Morgan fingerprint density at radius 3 is 2.26 bits per heavy atom. The van der Waals surface area contributed by atoms with Gasteiger partial charge in [0.1, 0.15) is 35.6 Å². The molecule has 2 amide bonds. The molecule has 3 heterocycles. The van der Waals surface area contributed by atoms with E-state index >= 15 is 0 Å². The normalized spacial score (nSPS) is 19.1. The maximum Gasteiger partial charge on any atom is 0.335 e. The first-order valence-electron chi connectivity index (χ1n) is 15.2. The van der Waals surface area contributed by atoms with Crippen molar-refractivity contribution < 1.29 is 23.0 Å². The van der Waals surface area contributed by atoms with Crippen LogP contribution >= 0.6 is 0 Å². The molecule has 2 fully saturated rings. The van der Waals surface area contributed by atoms with Crippen molar-refractivity contribution >= 4 is 23.1 Å². The number of benzene rings is 3. The number of hydrogen-bond acceptors (Lipinski definition) is 8. The maximum atomic E-state index is 14.9. The minimum Gasteiger partial charge on any atom is -0.493 e. The van der Waals surface area contributed by atoms with Crippen molar-refractivity contribution in [1.29, 1.82) is 0 Å². The van der Waals surface area contributed by atoms with E-state index in [1.54, 1.807) is 18.1 Å². The van der Waals surface area contributed by atoms with E-state index in [-0.39, 0.29) is 18.5 Å². The molecule has 0 aliphatic carbocycles. The number of carbonyl (C=O) groups excluding carboxylic acids is 1. The highest BCUT2D eigenvalue weighted by molar-refractivity contribution is 5.91. The summed E-state index contributed by atoms with van der Waals surface area (Å²) in [4.78, 5) is 21.9. The first kappa shape index (κ1) is 33.2. The molecule has 2 saturated heterocycles. The van der Waals surface area contributed by atoms with Crippen molar-refractivity contribution in [3.05, 3.63) is 96.6 Å². The first-order chi connectivity index (χ1) is 22.8. The molecule has 4 aromatic rings. The van der Waals surface area contributed by atoms with Gasteiger partial charge < -0.3 is 19.3 Å². The molecule has 0 saturated carbocycles. The molecule has 0 radical (unpaired) electrons. The Balaban J connectivity index is 0.00000213. The lowest BCUT2D eigenvalue weighted by Gasteiger charge is -2.37. The van der Waals surface area contributed by atoms with Crippen LogP contribution in [0.1, 0.15) is 12.0 Å². The van der Waals surface area contributed by atoms with Gasteiger partial charge in [-0.15, -0.1) is 12.8 Å².